The molecule has 0 aliphatic carbocycles. The first kappa shape index (κ1) is 20.3. The largest absolute Gasteiger partial charge is 0.336 e. The standard InChI is InChI=1S/C20H31N7O/c1-4-15(5-2)18(27-11-6-7-12-27)14-21-20(28)22-17-10-8-9-16(13-17)19-23-24-25-26(19)3/h8-10,13,15,18H,4-7,11-12,14H2,1-3H3,(H2,21,22,28). The zero-order valence-electron chi connectivity index (χ0n) is 17.1. The average molecular weight is 386 g/mol. The van der Waals surface area contributed by atoms with E-state index in [2.05, 4.69) is 44.9 Å². The predicted molar refractivity (Wildman–Crippen MR) is 110 cm³/mol. The third-order valence-corrected chi connectivity index (χ3v) is 5.67. The van der Waals surface area contributed by atoms with Crippen LogP contribution in [-0.4, -0.2) is 56.8 Å². The molecule has 0 radical (unpaired) electrons. The summed E-state index contributed by atoms with van der Waals surface area (Å²) < 4.78 is 1.61. The molecule has 1 saturated heterocycles. The molecule has 2 amide bonds. The van der Waals surface area contributed by atoms with Gasteiger partial charge in [-0.05, 0) is 54.4 Å². The summed E-state index contributed by atoms with van der Waals surface area (Å²) in [6, 6.07) is 7.78. The van der Waals surface area contributed by atoms with E-state index in [0.29, 0.717) is 24.3 Å². The number of likely N-dealkylation sites (tertiary alicyclic amines) is 1. The van der Waals surface area contributed by atoms with Crippen LogP contribution in [0.5, 0.6) is 0 Å². The first-order valence-electron chi connectivity index (χ1n) is 10.2. The van der Waals surface area contributed by atoms with Crippen molar-refractivity contribution in [3.63, 3.8) is 0 Å². The zero-order chi connectivity index (χ0) is 19.9. The highest BCUT2D eigenvalue weighted by atomic mass is 16.2. The van der Waals surface area contributed by atoms with Crippen molar-refractivity contribution in [2.24, 2.45) is 13.0 Å². The molecule has 2 heterocycles. The highest BCUT2D eigenvalue weighted by Gasteiger charge is 2.27. The fourth-order valence-electron chi connectivity index (χ4n) is 4.08. The predicted octanol–water partition coefficient (Wildman–Crippen LogP) is 2.90. The Morgan fingerprint density at radius 3 is 2.61 bits per heavy atom. The maximum absolute atomic E-state index is 12.5. The number of nitrogens with one attached hydrogen (secondary N) is 2. The number of carbonyl (C=O) groups is 1. The van der Waals surface area contributed by atoms with E-state index in [1.807, 2.05) is 24.3 Å². The highest BCUT2D eigenvalue weighted by molar-refractivity contribution is 5.89. The molecule has 8 heteroatoms. The van der Waals surface area contributed by atoms with Crippen molar-refractivity contribution < 1.29 is 4.79 Å². The van der Waals surface area contributed by atoms with Crippen molar-refractivity contribution in [3.8, 4) is 11.4 Å². The molecule has 2 N–H and O–H groups in total. The van der Waals surface area contributed by atoms with E-state index in [1.54, 1.807) is 11.7 Å². The van der Waals surface area contributed by atoms with Crippen LogP contribution in [0.25, 0.3) is 11.4 Å². The smallest absolute Gasteiger partial charge is 0.319 e. The van der Waals surface area contributed by atoms with Gasteiger partial charge in [0, 0.05) is 30.9 Å². The van der Waals surface area contributed by atoms with Crippen molar-refractivity contribution in [2.45, 2.75) is 45.6 Å². The fourth-order valence-corrected chi connectivity index (χ4v) is 4.08. The number of tetrazole rings is 1. The molecule has 1 aromatic heterocycles. The Kier molecular flexibility index (Phi) is 6.97. The van der Waals surface area contributed by atoms with Gasteiger partial charge in [-0.1, -0.05) is 38.8 Å². The van der Waals surface area contributed by atoms with Gasteiger partial charge in [0.2, 0.25) is 0 Å². The molecular formula is C20H31N7O. The fraction of sp³-hybridized carbons (Fsp3) is 0.600. The van der Waals surface area contributed by atoms with Crippen molar-refractivity contribution in [2.75, 3.05) is 25.0 Å². The molecule has 1 aromatic carbocycles. The molecule has 1 aliphatic heterocycles. The van der Waals surface area contributed by atoms with E-state index in [0.717, 1.165) is 37.2 Å². The van der Waals surface area contributed by atoms with Gasteiger partial charge in [-0.2, -0.15) is 0 Å². The lowest BCUT2D eigenvalue weighted by Crippen LogP contribution is -2.47. The molecule has 3 rings (SSSR count). The number of urea groups is 1. The SMILES string of the molecule is CCC(CC)C(CNC(=O)Nc1cccc(-c2nnnn2C)c1)N1CCCC1. The number of carbonyl (C=O) groups excluding carboxylic acids is 1. The molecule has 1 unspecified atom stereocenters. The number of hydrogen-bond donors (Lipinski definition) is 2. The van der Waals surface area contributed by atoms with Gasteiger partial charge in [-0.15, -0.1) is 5.10 Å². The van der Waals surface area contributed by atoms with Crippen LogP contribution < -0.4 is 10.6 Å². The number of amides is 2. The topological polar surface area (TPSA) is 88.0 Å². The van der Waals surface area contributed by atoms with Gasteiger partial charge >= 0.3 is 6.03 Å². The van der Waals surface area contributed by atoms with Gasteiger partial charge in [-0.3, -0.25) is 4.90 Å². The lowest BCUT2D eigenvalue weighted by molar-refractivity contribution is 0.163. The Morgan fingerprint density at radius 1 is 1.21 bits per heavy atom. The monoisotopic (exact) mass is 385 g/mol. The molecule has 1 aliphatic rings. The second kappa shape index (κ2) is 9.64. The number of nitrogens with zero attached hydrogens (tertiary/aromatic N) is 5. The Hall–Kier alpha value is -2.48. The van der Waals surface area contributed by atoms with Crippen molar-refractivity contribution >= 4 is 11.7 Å². The first-order chi connectivity index (χ1) is 13.6. The lowest BCUT2D eigenvalue weighted by atomic mass is 9.93. The summed E-state index contributed by atoms with van der Waals surface area (Å²) in [5.74, 6) is 1.26. The van der Waals surface area contributed by atoms with Crippen LogP contribution in [0, 0.1) is 5.92 Å². The summed E-state index contributed by atoms with van der Waals surface area (Å²) in [6.07, 6.45) is 4.78. The van der Waals surface area contributed by atoms with E-state index >= 15 is 0 Å². The van der Waals surface area contributed by atoms with Crippen molar-refractivity contribution in [1.82, 2.24) is 30.4 Å². The maximum atomic E-state index is 12.5. The Bertz CT molecular complexity index is 763. The number of anilines is 1. The van der Waals surface area contributed by atoms with Crippen LogP contribution in [0.15, 0.2) is 24.3 Å². The summed E-state index contributed by atoms with van der Waals surface area (Å²) in [7, 11) is 1.79. The minimum atomic E-state index is -0.177. The van der Waals surface area contributed by atoms with Gasteiger partial charge < -0.3 is 10.6 Å². The van der Waals surface area contributed by atoms with Gasteiger partial charge in [0.05, 0.1) is 0 Å². The Morgan fingerprint density at radius 2 is 1.96 bits per heavy atom. The van der Waals surface area contributed by atoms with E-state index < -0.39 is 0 Å². The second-order valence-electron chi connectivity index (χ2n) is 7.43. The van der Waals surface area contributed by atoms with E-state index in [-0.39, 0.29) is 6.03 Å². The van der Waals surface area contributed by atoms with Gasteiger partial charge in [0.25, 0.3) is 0 Å². The maximum Gasteiger partial charge on any atom is 0.319 e. The molecule has 152 valence electrons. The average Bonchev–Trinajstić information content (AvgIpc) is 3.37. The summed E-state index contributed by atoms with van der Waals surface area (Å²) in [6.45, 7) is 7.43. The first-order valence-corrected chi connectivity index (χ1v) is 10.2. The zero-order valence-corrected chi connectivity index (χ0v) is 17.1. The number of benzene rings is 1. The van der Waals surface area contributed by atoms with Crippen LogP contribution in [0.1, 0.15) is 39.5 Å². The van der Waals surface area contributed by atoms with Crippen LogP contribution in [-0.2, 0) is 7.05 Å². The number of rotatable bonds is 8. The molecule has 0 bridgehead atoms. The summed E-state index contributed by atoms with van der Waals surface area (Å²) in [4.78, 5) is 15.1. The molecule has 0 saturated carbocycles. The summed E-state index contributed by atoms with van der Waals surface area (Å²) in [5, 5.41) is 17.6. The minimum Gasteiger partial charge on any atom is -0.336 e. The molecule has 1 fully saturated rings. The Balaban J connectivity index is 1.61. The molecule has 2 aromatic rings. The lowest BCUT2D eigenvalue weighted by Gasteiger charge is -2.33. The summed E-state index contributed by atoms with van der Waals surface area (Å²) in [5.41, 5.74) is 1.58. The molecular weight excluding hydrogens is 354 g/mol. The normalized spacial score (nSPS) is 15.7. The second-order valence-corrected chi connectivity index (χ2v) is 7.43. The van der Waals surface area contributed by atoms with Crippen LogP contribution in [0.3, 0.4) is 0 Å². The van der Waals surface area contributed by atoms with Gasteiger partial charge in [-0.25, -0.2) is 9.48 Å². The molecule has 1 atom stereocenters. The van der Waals surface area contributed by atoms with E-state index in [1.165, 1.54) is 12.8 Å². The third-order valence-electron chi connectivity index (χ3n) is 5.67. The Labute approximate surface area is 166 Å². The van der Waals surface area contributed by atoms with Crippen molar-refractivity contribution in [3.05, 3.63) is 24.3 Å². The summed E-state index contributed by atoms with van der Waals surface area (Å²) >= 11 is 0. The molecule has 28 heavy (non-hydrogen) atoms. The molecule has 0 spiro atoms. The van der Waals surface area contributed by atoms with E-state index in [4.69, 9.17) is 0 Å². The molecule has 8 nitrogen and oxygen atoms in total. The van der Waals surface area contributed by atoms with Crippen molar-refractivity contribution in [1.29, 1.82) is 0 Å². The minimum absolute atomic E-state index is 0.177. The quantitative estimate of drug-likeness (QED) is 0.729. The van der Waals surface area contributed by atoms with Crippen LogP contribution in [0.2, 0.25) is 0 Å². The number of hydrogen-bond acceptors (Lipinski definition) is 5. The van der Waals surface area contributed by atoms with Crippen LogP contribution in [0.4, 0.5) is 10.5 Å². The van der Waals surface area contributed by atoms with Crippen LogP contribution >= 0.6 is 0 Å². The third kappa shape index (κ3) is 4.86. The highest BCUT2D eigenvalue weighted by Crippen LogP contribution is 2.23. The van der Waals surface area contributed by atoms with E-state index in [9.17, 15) is 4.79 Å². The number of aromatic nitrogens is 4. The number of aryl methyl sites for hydroxylation is 1. The van der Waals surface area contributed by atoms with Gasteiger partial charge in [0.1, 0.15) is 0 Å². The van der Waals surface area contributed by atoms with Gasteiger partial charge in [0.15, 0.2) is 5.82 Å².